The summed E-state index contributed by atoms with van der Waals surface area (Å²) in [6, 6.07) is 0. The number of rotatable bonds is 67. The van der Waals surface area contributed by atoms with Crippen molar-refractivity contribution in [1.29, 1.82) is 0 Å². The van der Waals surface area contributed by atoms with E-state index in [0.717, 1.165) is 77.0 Å². The average Bonchev–Trinajstić information content (AvgIpc) is 3.49. The first-order chi connectivity index (χ1) is 41.0. The van der Waals surface area contributed by atoms with Gasteiger partial charge in [-0.15, -0.1) is 0 Å². The number of carbonyl (C=O) groups is 3. The third-order valence-electron chi connectivity index (χ3n) is 16.2. The molecule has 1 unspecified atom stereocenters. The van der Waals surface area contributed by atoms with Gasteiger partial charge in [-0.1, -0.05) is 376 Å². The van der Waals surface area contributed by atoms with Crippen molar-refractivity contribution in [2.45, 2.75) is 386 Å². The van der Waals surface area contributed by atoms with Crippen LogP contribution in [0.5, 0.6) is 0 Å². The Kier molecular flexibility index (Phi) is 68.6. The highest BCUT2D eigenvalue weighted by atomic mass is 16.6. The smallest absolute Gasteiger partial charge is 0.306 e. The second-order valence-corrected chi connectivity index (χ2v) is 24.5. The van der Waals surface area contributed by atoms with Crippen molar-refractivity contribution < 1.29 is 28.6 Å². The molecule has 0 spiro atoms. The Labute approximate surface area is 516 Å². The van der Waals surface area contributed by atoms with Gasteiger partial charge in [0.05, 0.1) is 0 Å². The van der Waals surface area contributed by atoms with Crippen LogP contribution < -0.4 is 0 Å². The van der Waals surface area contributed by atoms with Gasteiger partial charge in [-0.2, -0.15) is 0 Å². The standard InChI is InChI=1S/C77H138O6/c1-4-7-10-13-16-19-22-25-28-30-32-33-34-35-36-37-38-39-40-41-42-43-45-46-49-52-55-58-61-64-67-70-76(79)82-73-74(72-81-75(78)69-66-63-60-57-54-51-48-27-24-21-18-15-12-9-6-3)83-77(80)71-68-65-62-59-56-53-50-47-44-31-29-26-23-20-17-14-11-8-5-2/h8,11,17,20,26,29,44,47,53,56,62,65,74H,4-7,9-10,12-16,18-19,21-25,27-28,30-43,45-46,48-52,54-55,57-61,63-64,66-73H2,1-3H3/b11-8-,20-17-,29-26-,47-44-,56-53-,65-62-. The van der Waals surface area contributed by atoms with Crippen LogP contribution in [0.25, 0.3) is 0 Å². The van der Waals surface area contributed by atoms with Gasteiger partial charge >= 0.3 is 17.9 Å². The third kappa shape index (κ3) is 69.5. The topological polar surface area (TPSA) is 78.9 Å². The SMILES string of the molecule is CC/C=C\C/C=C\C/C=C\C/C=C\C/C=C\C/C=C\CCC(=O)OC(COC(=O)CCCCCCCCCCCCCCCCC)COC(=O)CCCCCCCCCCCCCCCCCCCCCCCCCCCCCCCCC. The molecule has 0 aromatic rings. The van der Waals surface area contributed by atoms with Crippen LogP contribution in [-0.2, 0) is 28.6 Å². The summed E-state index contributed by atoms with van der Waals surface area (Å²) in [5, 5.41) is 0. The van der Waals surface area contributed by atoms with Crippen LogP contribution in [0.1, 0.15) is 380 Å². The normalized spacial score (nSPS) is 12.5. The maximum absolute atomic E-state index is 12.9. The molecule has 0 heterocycles. The average molecular weight is 1160 g/mol. The Morgan fingerprint density at radius 3 is 0.711 bits per heavy atom. The molecule has 0 radical (unpaired) electrons. The van der Waals surface area contributed by atoms with E-state index in [1.165, 1.54) is 257 Å². The van der Waals surface area contributed by atoms with Crippen molar-refractivity contribution in [3.8, 4) is 0 Å². The highest BCUT2D eigenvalue weighted by Crippen LogP contribution is 2.19. The lowest BCUT2D eigenvalue weighted by atomic mass is 10.0. The lowest BCUT2D eigenvalue weighted by Crippen LogP contribution is -2.30. The van der Waals surface area contributed by atoms with E-state index in [-0.39, 0.29) is 37.5 Å². The second-order valence-electron chi connectivity index (χ2n) is 24.5. The molecule has 0 aliphatic heterocycles. The molecule has 0 aromatic heterocycles. The summed E-state index contributed by atoms with van der Waals surface area (Å²) in [6.07, 6.45) is 94.0. The minimum atomic E-state index is -0.815. The van der Waals surface area contributed by atoms with Crippen molar-refractivity contribution in [2.75, 3.05) is 13.2 Å². The lowest BCUT2D eigenvalue weighted by molar-refractivity contribution is -0.166. The summed E-state index contributed by atoms with van der Waals surface area (Å²) in [5.74, 6) is -0.963. The highest BCUT2D eigenvalue weighted by Gasteiger charge is 2.19. The van der Waals surface area contributed by atoms with Crippen LogP contribution in [0.4, 0.5) is 0 Å². The quantitative estimate of drug-likeness (QED) is 0.0261. The zero-order chi connectivity index (χ0) is 59.9. The van der Waals surface area contributed by atoms with E-state index in [9.17, 15) is 14.4 Å². The van der Waals surface area contributed by atoms with Crippen LogP contribution >= 0.6 is 0 Å². The van der Waals surface area contributed by atoms with E-state index in [2.05, 4.69) is 87.6 Å². The molecule has 83 heavy (non-hydrogen) atoms. The molecule has 0 N–H and O–H groups in total. The van der Waals surface area contributed by atoms with Crippen molar-refractivity contribution in [3.05, 3.63) is 72.9 Å². The first kappa shape index (κ1) is 79.8. The summed E-state index contributed by atoms with van der Waals surface area (Å²) in [6.45, 7) is 6.53. The van der Waals surface area contributed by atoms with Gasteiger partial charge in [-0.25, -0.2) is 0 Å². The molecule has 0 saturated heterocycles. The first-order valence-corrected chi connectivity index (χ1v) is 36.4. The van der Waals surface area contributed by atoms with Crippen LogP contribution in [0, 0.1) is 0 Å². The number of allylic oxidation sites excluding steroid dienone is 12. The highest BCUT2D eigenvalue weighted by molar-refractivity contribution is 5.71. The number of unbranched alkanes of at least 4 members (excludes halogenated alkanes) is 44. The Morgan fingerprint density at radius 1 is 0.253 bits per heavy atom. The van der Waals surface area contributed by atoms with Crippen molar-refractivity contribution in [2.24, 2.45) is 0 Å². The summed E-state index contributed by atoms with van der Waals surface area (Å²) >= 11 is 0. The number of ether oxygens (including phenoxy) is 3. The van der Waals surface area contributed by atoms with Gasteiger partial charge in [0.2, 0.25) is 0 Å². The number of esters is 3. The number of hydrogen-bond donors (Lipinski definition) is 0. The lowest BCUT2D eigenvalue weighted by Gasteiger charge is -2.18. The summed E-state index contributed by atoms with van der Waals surface area (Å²) in [4.78, 5) is 38.4. The molecule has 0 aromatic carbocycles. The minimum absolute atomic E-state index is 0.101. The largest absolute Gasteiger partial charge is 0.462 e. The molecule has 6 heteroatoms. The molecule has 0 aliphatic rings. The Bertz CT molecular complexity index is 1520. The minimum Gasteiger partial charge on any atom is -0.462 e. The number of carbonyl (C=O) groups excluding carboxylic acids is 3. The van der Waals surface area contributed by atoms with Gasteiger partial charge in [0.15, 0.2) is 6.10 Å². The van der Waals surface area contributed by atoms with E-state index in [1.54, 1.807) is 0 Å². The van der Waals surface area contributed by atoms with Crippen LogP contribution in [0.2, 0.25) is 0 Å². The van der Waals surface area contributed by atoms with Crippen molar-refractivity contribution in [1.82, 2.24) is 0 Å². The van der Waals surface area contributed by atoms with Gasteiger partial charge < -0.3 is 14.2 Å². The maximum atomic E-state index is 12.9. The van der Waals surface area contributed by atoms with Crippen LogP contribution in [-0.4, -0.2) is 37.2 Å². The van der Waals surface area contributed by atoms with Gasteiger partial charge in [0, 0.05) is 19.3 Å². The molecule has 0 rings (SSSR count). The zero-order valence-electron chi connectivity index (χ0n) is 55.5. The fraction of sp³-hybridized carbons (Fsp3) is 0.805. The Morgan fingerprint density at radius 2 is 0.470 bits per heavy atom. The first-order valence-electron chi connectivity index (χ1n) is 36.4. The Hall–Kier alpha value is -3.15. The maximum Gasteiger partial charge on any atom is 0.306 e. The fourth-order valence-corrected chi connectivity index (χ4v) is 10.8. The predicted molar refractivity (Wildman–Crippen MR) is 362 cm³/mol. The van der Waals surface area contributed by atoms with Crippen molar-refractivity contribution in [3.63, 3.8) is 0 Å². The van der Waals surface area contributed by atoms with Gasteiger partial charge in [0.1, 0.15) is 13.2 Å². The summed E-state index contributed by atoms with van der Waals surface area (Å²) < 4.78 is 16.9. The number of hydrogen-bond acceptors (Lipinski definition) is 6. The molecule has 0 saturated carbocycles. The van der Waals surface area contributed by atoms with Gasteiger partial charge in [-0.05, 0) is 57.8 Å². The van der Waals surface area contributed by atoms with Gasteiger partial charge in [0.25, 0.3) is 0 Å². The Balaban J connectivity index is 4.25. The predicted octanol–water partition coefficient (Wildman–Crippen LogP) is 25.2. The molecule has 6 nitrogen and oxygen atoms in total. The zero-order valence-corrected chi connectivity index (χ0v) is 55.5. The monoisotopic (exact) mass is 1160 g/mol. The summed E-state index contributed by atoms with van der Waals surface area (Å²) in [7, 11) is 0. The third-order valence-corrected chi connectivity index (χ3v) is 16.2. The fourth-order valence-electron chi connectivity index (χ4n) is 10.8. The molecule has 0 aliphatic carbocycles. The molecule has 0 amide bonds. The molecule has 1 atom stereocenters. The van der Waals surface area contributed by atoms with Crippen LogP contribution in [0.15, 0.2) is 72.9 Å². The molecule has 0 fully saturated rings. The molecule has 0 bridgehead atoms. The van der Waals surface area contributed by atoms with E-state index in [1.807, 2.05) is 6.08 Å². The molecular formula is C77H138O6. The van der Waals surface area contributed by atoms with Crippen molar-refractivity contribution >= 4 is 17.9 Å². The van der Waals surface area contributed by atoms with Crippen LogP contribution in [0.3, 0.4) is 0 Å². The van der Waals surface area contributed by atoms with E-state index in [0.29, 0.717) is 19.3 Å². The van der Waals surface area contributed by atoms with E-state index < -0.39 is 6.10 Å². The summed E-state index contributed by atoms with van der Waals surface area (Å²) in [5.41, 5.74) is 0. The van der Waals surface area contributed by atoms with E-state index in [4.69, 9.17) is 14.2 Å². The molecular weight excluding hydrogens is 1020 g/mol. The van der Waals surface area contributed by atoms with Gasteiger partial charge in [-0.3, -0.25) is 14.4 Å². The van der Waals surface area contributed by atoms with E-state index >= 15 is 0 Å². The molecule has 482 valence electrons. The second kappa shape index (κ2) is 71.3.